The third-order valence-corrected chi connectivity index (χ3v) is 4.02. The fourth-order valence-corrected chi connectivity index (χ4v) is 2.89. The maximum Gasteiger partial charge on any atom is 0.256 e. The van der Waals surface area contributed by atoms with Crippen LogP contribution in [0.3, 0.4) is 0 Å². The van der Waals surface area contributed by atoms with Gasteiger partial charge in [0.15, 0.2) is 0 Å². The Morgan fingerprint density at radius 2 is 1.91 bits per heavy atom. The van der Waals surface area contributed by atoms with Crippen LogP contribution in [0.4, 0.5) is 15.8 Å². The SMILES string of the molecule is O=C1C[C@@H](Nc2ccc(Cl)cc2Cl)C(=O)N1c1cccc(F)c1. The quantitative estimate of drug-likeness (QED) is 0.852. The molecule has 2 aromatic rings. The number of halogens is 3. The van der Waals surface area contributed by atoms with Gasteiger partial charge in [0.05, 0.1) is 22.8 Å². The molecule has 1 heterocycles. The molecule has 1 N–H and O–H groups in total. The molecule has 0 spiro atoms. The van der Waals surface area contributed by atoms with E-state index in [0.717, 1.165) is 11.0 Å². The van der Waals surface area contributed by atoms with E-state index in [1.165, 1.54) is 24.3 Å². The van der Waals surface area contributed by atoms with Crippen LogP contribution in [0.2, 0.25) is 10.0 Å². The standard InChI is InChI=1S/C16H11Cl2FN2O2/c17-9-4-5-13(12(18)6-9)20-14-8-15(22)21(16(14)23)11-3-1-2-10(19)7-11/h1-7,14,20H,8H2/t14-/m1/s1. The molecule has 1 fully saturated rings. The highest BCUT2D eigenvalue weighted by Crippen LogP contribution is 2.29. The van der Waals surface area contributed by atoms with Gasteiger partial charge in [-0.25, -0.2) is 9.29 Å². The molecule has 7 heteroatoms. The maximum absolute atomic E-state index is 13.3. The number of hydrogen-bond donors (Lipinski definition) is 1. The Bertz CT molecular complexity index is 797. The van der Waals surface area contributed by atoms with E-state index < -0.39 is 23.7 Å². The van der Waals surface area contributed by atoms with Crippen LogP contribution in [-0.4, -0.2) is 17.9 Å². The first kappa shape index (κ1) is 15.8. The zero-order valence-corrected chi connectivity index (χ0v) is 13.2. The first-order valence-corrected chi connectivity index (χ1v) is 7.55. The van der Waals surface area contributed by atoms with Gasteiger partial charge in [0.2, 0.25) is 5.91 Å². The fourth-order valence-electron chi connectivity index (χ4n) is 2.43. The van der Waals surface area contributed by atoms with Crippen molar-refractivity contribution in [1.29, 1.82) is 0 Å². The van der Waals surface area contributed by atoms with E-state index in [2.05, 4.69) is 5.32 Å². The van der Waals surface area contributed by atoms with Crippen molar-refractivity contribution in [3.05, 3.63) is 58.3 Å². The lowest BCUT2D eigenvalue weighted by atomic mass is 10.2. The average Bonchev–Trinajstić information content (AvgIpc) is 2.76. The van der Waals surface area contributed by atoms with Crippen LogP contribution in [0.25, 0.3) is 0 Å². The Kier molecular flexibility index (Phi) is 4.24. The lowest BCUT2D eigenvalue weighted by Crippen LogP contribution is -2.34. The summed E-state index contributed by atoms with van der Waals surface area (Å²) < 4.78 is 13.3. The molecule has 4 nitrogen and oxygen atoms in total. The summed E-state index contributed by atoms with van der Waals surface area (Å²) in [4.78, 5) is 25.6. The molecule has 1 aliphatic heterocycles. The van der Waals surface area contributed by atoms with E-state index in [9.17, 15) is 14.0 Å². The molecule has 1 saturated heterocycles. The number of anilines is 2. The summed E-state index contributed by atoms with van der Waals surface area (Å²) in [6.07, 6.45) is -0.0334. The predicted octanol–water partition coefficient (Wildman–Crippen LogP) is 3.88. The zero-order chi connectivity index (χ0) is 16.6. The summed E-state index contributed by atoms with van der Waals surface area (Å²) >= 11 is 11.9. The van der Waals surface area contributed by atoms with Crippen molar-refractivity contribution in [2.24, 2.45) is 0 Å². The van der Waals surface area contributed by atoms with Crippen LogP contribution in [0.1, 0.15) is 6.42 Å². The Morgan fingerprint density at radius 3 is 2.61 bits per heavy atom. The number of carbonyl (C=O) groups is 2. The summed E-state index contributed by atoms with van der Waals surface area (Å²) in [6.45, 7) is 0. The van der Waals surface area contributed by atoms with Crippen LogP contribution in [-0.2, 0) is 9.59 Å². The molecular weight excluding hydrogens is 342 g/mol. The van der Waals surface area contributed by atoms with E-state index >= 15 is 0 Å². The summed E-state index contributed by atoms with van der Waals surface area (Å²) in [5.74, 6) is -1.37. The summed E-state index contributed by atoms with van der Waals surface area (Å²) in [7, 11) is 0. The third-order valence-electron chi connectivity index (χ3n) is 3.47. The van der Waals surface area contributed by atoms with E-state index in [4.69, 9.17) is 23.2 Å². The van der Waals surface area contributed by atoms with Crippen molar-refractivity contribution >= 4 is 46.4 Å². The monoisotopic (exact) mass is 352 g/mol. The van der Waals surface area contributed by atoms with Gasteiger partial charge in [-0.05, 0) is 36.4 Å². The first-order chi connectivity index (χ1) is 11.0. The molecule has 0 aromatic heterocycles. The number of nitrogens with zero attached hydrogens (tertiary/aromatic N) is 1. The molecule has 2 amide bonds. The summed E-state index contributed by atoms with van der Waals surface area (Å²) in [5.41, 5.74) is 0.717. The van der Waals surface area contributed by atoms with Gasteiger partial charge >= 0.3 is 0 Å². The molecule has 0 aliphatic carbocycles. The minimum absolute atomic E-state index is 0.0334. The second-order valence-corrected chi connectivity index (χ2v) is 5.92. The summed E-state index contributed by atoms with van der Waals surface area (Å²) in [6, 6.07) is 9.39. The van der Waals surface area contributed by atoms with Gasteiger partial charge in [0.25, 0.3) is 5.91 Å². The Hall–Kier alpha value is -2.11. The van der Waals surface area contributed by atoms with Gasteiger partial charge in [-0.1, -0.05) is 29.3 Å². The minimum atomic E-state index is -0.760. The third kappa shape index (κ3) is 3.16. The Balaban J connectivity index is 1.84. The highest BCUT2D eigenvalue weighted by molar-refractivity contribution is 6.36. The molecule has 1 atom stereocenters. The fraction of sp³-hybridized carbons (Fsp3) is 0.125. The molecule has 3 rings (SSSR count). The van der Waals surface area contributed by atoms with E-state index in [1.807, 2.05) is 0 Å². The van der Waals surface area contributed by atoms with Crippen molar-refractivity contribution in [1.82, 2.24) is 0 Å². The number of nitrogens with one attached hydrogen (secondary N) is 1. The van der Waals surface area contributed by atoms with Gasteiger partial charge in [-0.3, -0.25) is 9.59 Å². The zero-order valence-electron chi connectivity index (χ0n) is 11.7. The smallest absolute Gasteiger partial charge is 0.256 e. The average molecular weight is 353 g/mol. The van der Waals surface area contributed by atoms with Crippen LogP contribution < -0.4 is 10.2 Å². The van der Waals surface area contributed by atoms with Crippen molar-refractivity contribution in [3.8, 4) is 0 Å². The minimum Gasteiger partial charge on any atom is -0.372 e. The topological polar surface area (TPSA) is 49.4 Å². The number of imide groups is 1. The van der Waals surface area contributed by atoms with Crippen molar-refractivity contribution in [2.45, 2.75) is 12.5 Å². The molecule has 23 heavy (non-hydrogen) atoms. The summed E-state index contributed by atoms with van der Waals surface area (Å²) in [5, 5.41) is 3.75. The second-order valence-electron chi connectivity index (χ2n) is 5.07. The van der Waals surface area contributed by atoms with Gasteiger partial charge < -0.3 is 5.32 Å². The molecule has 1 aliphatic rings. The lowest BCUT2D eigenvalue weighted by molar-refractivity contribution is -0.121. The van der Waals surface area contributed by atoms with Gasteiger partial charge in [-0.2, -0.15) is 0 Å². The highest BCUT2D eigenvalue weighted by Gasteiger charge is 2.39. The predicted molar refractivity (Wildman–Crippen MR) is 87.4 cm³/mol. The molecule has 0 saturated carbocycles. The van der Waals surface area contributed by atoms with Gasteiger partial charge in [0, 0.05) is 5.02 Å². The maximum atomic E-state index is 13.3. The van der Waals surface area contributed by atoms with Gasteiger partial charge in [-0.15, -0.1) is 0 Å². The van der Waals surface area contributed by atoms with Gasteiger partial charge in [0.1, 0.15) is 11.9 Å². The molecule has 0 radical (unpaired) electrons. The van der Waals surface area contributed by atoms with Crippen LogP contribution in [0.15, 0.2) is 42.5 Å². The number of rotatable bonds is 3. The molecule has 2 aromatic carbocycles. The van der Waals surface area contributed by atoms with Crippen LogP contribution in [0, 0.1) is 5.82 Å². The van der Waals surface area contributed by atoms with Crippen LogP contribution in [0.5, 0.6) is 0 Å². The second kappa shape index (κ2) is 6.18. The highest BCUT2D eigenvalue weighted by atomic mass is 35.5. The normalized spacial score (nSPS) is 17.7. The Morgan fingerprint density at radius 1 is 1.13 bits per heavy atom. The lowest BCUT2D eigenvalue weighted by Gasteiger charge is -2.16. The largest absolute Gasteiger partial charge is 0.372 e. The van der Waals surface area contributed by atoms with Crippen molar-refractivity contribution in [3.63, 3.8) is 0 Å². The molecule has 118 valence electrons. The number of benzene rings is 2. The molecule has 0 unspecified atom stereocenters. The van der Waals surface area contributed by atoms with E-state index in [-0.39, 0.29) is 12.1 Å². The Labute approximate surface area is 141 Å². The molecule has 0 bridgehead atoms. The van der Waals surface area contributed by atoms with E-state index in [1.54, 1.807) is 12.1 Å². The first-order valence-electron chi connectivity index (χ1n) is 6.79. The number of amides is 2. The van der Waals surface area contributed by atoms with Crippen LogP contribution >= 0.6 is 23.2 Å². The van der Waals surface area contributed by atoms with Crippen molar-refractivity contribution in [2.75, 3.05) is 10.2 Å². The molecular formula is C16H11Cl2FN2O2. The number of hydrogen-bond acceptors (Lipinski definition) is 3. The number of carbonyl (C=O) groups excluding carboxylic acids is 2. The van der Waals surface area contributed by atoms with Crippen molar-refractivity contribution < 1.29 is 14.0 Å². The van der Waals surface area contributed by atoms with E-state index in [0.29, 0.717) is 15.7 Å².